The highest BCUT2D eigenvalue weighted by Crippen LogP contribution is 2.31. The van der Waals surface area contributed by atoms with Crippen LogP contribution in [0, 0.1) is 0 Å². The number of hydrogen-bond acceptors (Lipinski definition) is 5. The molecule has 3 rings (SSSR count). The maximum atomic E-state index is 11.7. The molecule has 0 unspecified atom stereocenters. The molecule has 3 aromatic rings. The topological polar surface area (TPSA) is 57.6 Å². The van der Waals surface area contributed by atoms with Crippen molar-refractivity contribution in [2.45, 2.75) is 13.2 Å². The summed E-state index contributed by atoms with van der Waals surface area (Å²) in [7, 11) is 3.18. The first-order chi connectivity index (χ1) is 13.3. The number of rotatable bonds is 8. The summed E-state index contributed by atoms with van der Waals surface area (Å²) < 4.78 is 16.4. The third kappa shape index (κ3) is 4.33. The lowest BCUT2D eigenvalue weighted by atomic mass is 9.98. The van der Waals surface area contributed by atoms with E-state index >= 15 is 0 Å². The fraction of sp³-hybridized carbons (Fsp3) is 0.182. The minimum absolute atomic E-state index is 0.267. The van der Waals surface area contributed by atoms with E-state index in [2.05, 4.69) is 4.98 Å². The van der Waals surface area contributed by atoms with Gasteiger partial charge < -0.3 is 14.2 Å². The van der Waals surface area contributed by atoms with E-state index in [-0.39, 0.29) is 6.61 Å². The minimum atomic E-state index is 0.267. The van der Waals surface area contributed by atoms with E-state index in [9.17, 15) is 4.79 Å². The van der Waals surface area contributed by atoms with E-state index in [0.717, 1.165) is 34.4 Å². The van der Waals surface area contributed by atoms with Gasteiger partial charge in [-0.3, -0.25) is 9.78 Å². The normalized spacial score (nSPS) is 10.4. The van der Waals surface area contributed by atoms with Crippen molar-refractivity contribution in [3.63, 3.8) is 0 Å². The molecule has 0 saturated carbocycles. The molecular weight excluding hydrogens is 342 g/mol. The number of hydrogen-bond donors (Lipinski definition) is 0. The van der Waals surface area contributed by atoms with Gasteiger partial charge in [-0.25, -0.2) is 0 Å². The summed E-state index contributed by atoms with van der Waals surface area (Å²) in [5.41, 5.74) is 3.90. The maximum Gasteiger partial charge on any atom is 0.154 e. The first-order valence-corrected chi connectivity index (χ1v) is 8.54. The Morgan fingerprint density at radius 1 is 0.926 bits per heavy atom. The Labute approximate surface area is 158 Å². The largest absolute Gasteiger partial charge is 0.497 e. The average Bonchev–Trinajstić information content (AvgIpc) is 2.74. The Morgan fingerprint density at radius 2 is 1.74 bits per heavy atom. The number of pyridine rings is 1. The zero-order valence-electron chi connectivity index (χ0n) is 15.3. The zero-order chi connectivity index (χ0) is 19.1. The van der Waals surface area contributed by atoms with E-state index in [4.69, 9.17) is 14.2 Å². The van der Waals surface area contributed by atoms with Gasteiger partial charge in [0.2, 0.25) is 0 Å². The predicted molar refractivity (Wildman–Crippen MR) is 103 cm³/mol. The molecule has 1 heterocycles. The maximum absolute atomic E-state index is 11.7. The fourth-order valence-corrected chi connectivity index (χ4v) is 2.86. The van der Waals surface area contributed by atoms with Gasteiger partial charge in [-0.15, -0.1) is 0 Å². The molecule has 2 aromatic carbocycles. The lowest BCUT2D eigenvalue weighted by Gasteiger charge is -2.15. The lowest BCUT2D eigenvalue weighted by molar-refractivity contribution is 0.103. The van der Waals surface area contributed by atoms with Crippen molar-refractivity contribution in [3.8, 4) is 22.8 Å². The fourth-order valence-electron chi connectivity index (χ4n) is 2.86. The highest BCUT2D eigenvalue weighted by Gasteiger charge is 2.16. The number of carbonyl (C=O) groups is 1. The van der Waals surface area contributed by atoms with Crippen LogP contribution in [0.25, 0.3) is 11.3 Å². The van der Waals surface area contributed by atoms with Crippen LogP contribution in [0.5, 0.6) is 11.5 Å². The zero-order valence-corrected chi connectivity index (χ0v) is 15.3. The molecule has 138 valence electrons. The van der Waals surface area contributed by atoms with Crippen molar-refractivity contribution in [3.05, 3.63) is 77.5 Å². The number of ether oxygens (including phenoxy) is 3. The summed E-state index contributed by atoms with van der Waals surface area (Å²) in [6.07, 6.45) is 2.53. The van der Waals surface area contributed by atoms with E-state index in [1.54, 1.807) is 26.5 Å². The summed E-state index contributed by atoms with van der Waals surface area (Å²) in [4.78, 5) is 16.1. The second kappa shape index (κ2) is 8.96. The Kier molecular flexibility index (Phi) is 6.18. The molecule has 0 N–H and O–H groups in total. The van der Waals surface area contributed by atoms with E-state index < -0.39 is 0 Å². The quantitative estimate of drug-likeness (QED) is 0.559. The summed E-state index contributed by atoms with van der Waals surface area (Å²) in [6.45, 7) is 0.685. The molecule has 0 aliphatic rings. The molecule has 5 heteroatoms. The third-order valence-corrected chi connectivity index (χ3v) is 4.27. The monoisotopic (exact) mass is 363 g/mol. The smallest absolute Gasteiger partial charge is 0.154 e. The molecule has 0 saturated heterocycles. The van der Waals surface area contributed by atoms with Crippen LogP contribution in [0.3, 0.4) is 0 Å². The van der Waals surface area contributed by atoms with Crippen molar-refractivity contribution in [1.82, 2.24) is 4.98 Å². The average molecular weight is 363 g/mol. The van der Waals surface area contributed by atoms with Gasteiger partial charge >= 0.3 is 0 Å². The standard InChI is InChI=1S/C22H21NO4/c1-25-17-8-6-16(7-9-17)14-27-15-20-18(21-5-3-4-12-23-21)10-11-22(26-2)19(20)13-24/h3-13H,14-15H2,1-2H3. The number of benzene rings is 2. The Hall–Kier alpha value is -3.18. The molecule has 27 heavy (non-hydrogen) atoms. The van der Waals surface area contributed by atoms with Crippen LogP contribution in [-0.4, -0.2) is 25.5 Å². The van der Waals surface area contributed by atoms with Gasteiger partial charge in [0.25, 0.3) is 0 Å². The molecule has 0 bridgehead atoms. The molecule has 0 fully saturated rings. The summed E-state index contributed by atoms with van der Waals surface area (Å²) in [5.74, 6) is 1.32. The number of nitrogens with zero attached hydrogens (tertiary/aromatic N) is 1. The summed E-state index contributed by atoms with van der Waals surface area (Å²) in [5, 5.41) is 0. The number of aromatic nitrogens is 1. The van der Waals surface area contributed by atoms with Gasteiger partial charge in [0.1, 0.15) is 11.5 Å². The predicted octanol–water partition coefficient (Wildman–Crippen LogP) is 4.30. The van der Waals surface area contributed by atoms with Crippen molar-refractivity contribution >= 4 is 6.29 Å². The molecule has 0 radical (unpaired) electrons. The van der Waals surface area contributed by atoms with Crippen LogP contribution in [-0.2, 0) is 18.0 Å². The van der Waals surface area contributed by atoms with Crippen LogP contribution < -0.4 is 9.47 Å². The van der Waals surface area contributed by atoms with Gasteiger partial charge in [0.05, 0.1) is 38.7 Å². The molecule has 0 atom stereocenters. The van der Waals surface area contributed by atoms with Crippen LogP contribution in [0.1, 0.15) is 21.5 Å². The van der Waals surface area contributed by atoms with Crippen molar-refractivity contribution in [2.24, 2.45) is 0 Å². The Morgan fingerprint density at radius 3 is 2.37 bits per heavy atom. The number of carbonyl (C=O) groups excluding carboxylic acids is 1. The molecule has 1 aromatic heterocycles. The van der Waals surface area contributed by atoms with E-state index in [0.29, 0.717) is 17.9 Å². The SMILES string of the molecule is COc1ccc(COCc2c(-c3ccccn3)ccc(OC)c2C=O)cc1. The number of methoxy groups -OCH3 is 2. The van der Waals surface area contributed by atoms with Crippen LogP contribution in [0.4, 0.5) is 0 Å². The van der Waals surface area contributed by atoms with Crippen LogP contribution in [0.15, 0.2) is 60.8 Å². The number of aldehydes is 1. The third-order valence-electron chi connectivity index (χ3n) is 4.27. The second-order valence-electron chi connectivity index (χ2n) is 5.88. The minimum Gasteiger partial charge on any atom is -0.497 e. The van der Waals surface area contributed by atoms with Gasteiger partial charge in [0.15, 0.2) is 6.29 Å². The Balaban J connectivity index is 1.86. The van der Waals surface area contributed by atoms with Gasteiger partial charge in [-0.1, -0.05) is 18.2 Å². The van der Waals surface area contributed by atoms with Gasteiger partial charge in [0, 0.05) is 17.3 Å². The summed E-state index contributed by atoms with van der Waals surface area (Å²) >= 11 is 0. The molecule has 5 nitrogen and oxygen atoms in total. The highest BCUT2D eigenvalue weighted by atomic mass is 16.5. The Bertz CT molecular complexity index is 892. The van der Waals surface area contributed by atoms with Crippen molar-refractivity contribution in [1.29, 1.82) is 0 Å². The van der Waals surface area contributed by atoms with E-state index in [1.807, 2.05) is 48.5 Å². The molecule has 0 amide bonds. The van der Waals surface area contributed by atoms with Crippen molar-refractivity contribution in [2.75, 3.05) is 14.2 Å². The van der Waals surface area contributed by atoms with Gasteiger partial charge in [-0.05, 0) is 42.0 Å². The lowest BCUT2D eigenvalue weighted by Crippen LogP contribution is -2.04. The molecule has 0 aliphatic heterocycles. The highest BCUT2D eigenvalue weighted by molar-refractivity contribution is 5.86. The van der Waals surface area contributed by atoms with Crippen LogP contribution in [0.2, 0.25) is 0 Å². The first kappa shape index (κ1) is 18.6. The summed E-state index contributed by atoms with van der Waals surface area (Å²) in [6, 6.07) is 17.0. The van der Waals surface area contributed by atoms with Gasteiger partial charge in [-0.2, -0.15) is 0 Å². The van der Waals surface area contributed by atoms with Crippen molar-refractivity contribution < 1.29 is 19.0 Å². The molecule has 0 spiro atoms. The molecule has 0 aliphatic carbocycles. The van der Waals surface area contributed by atoms with E-state index in [1.165, 1.54) is 0 Å². The second-order valence-corrected chi connectivity index (χ2v) is 5.88. The van der Waals surface area contributed by atoms with Crippen LogP contribution >= 0.6 is 0 Å². The molecular formula is C22H21NO4. The first-order valence-electron chi connectivity index (χ1n) is 8.54.